The van der Waals surface area contributed by atoms with Crippen LogP contribution in [0.15, 0.2) is 23.2 Å². The highest BCUT2D eigenvalue weighted by molar-refractivity contribution is 14.0. The summed E-state index contributed by atoms with van der Waals surface area (Å²) in [4.78, 5) is 6.63. The van der Waals surface area contributed by atoms with Crippen molar-refractivity contribution in [3.63, 3.8) is 0 Å². The molecule has 0 amide bonds. The molecule has 2 N–H and O–H groups in total. The molecule has 0 aromatic heterocycles. The molecule has 1 aromatic rings. The Kier molecular flexibility index (Phi) is 12.5. The molecule has 0 aliphatic carbocycles. The summed E-state index contributed by atoms with van der Waals surface area (Å²) < 4.78 is 47.7. The third-order valence-corrected chi connectivity index (χ3v) is 5.16. The molecule has 1 aliphatic rings. The van der Waals surface area contributed by atoms with Gasteiger partial charge in [-0.05, 0) is 50.4 Å². The van der Waals surface area contributed by atoms with E-state index < -0.39 is 12.8 Å². The van der Waals surface area contributed by atoms with Gasteiger partial charge in [-0.25, -0.2) is 0 Å². The standard InChI is InChI=1S/C21H33F3N4O2.HI/c1-16-4-5-18(19(12-16)30-15-21(22,23)24)14-27-20(25-2)26-13-17-6-8-28(9-7-17)10-11-29-3;/h4-5,12,17H,6-11,13-15H2,1-3H3,(H2,25,26,27);1H. The first-order valence-corrected chi connectivity index (χ1v) is 10.3. The van der Waals surface area contributed by atoms with Crippen molar-refractivity contribution >= 4 is 29.9 Å². The maximum Gasteiger partial charge on any atom is 0.422 e. The molecule has 1 fully saturated rings. The first kappa shape index (κ1) is 27.8. The summed E-state index contributed by atoms with van der Waals surface area (Å²) in [6.45, 7) is 5.49. The predicted molar refractivity (Wildman–Crippen MR) is 127 cm³/mol. The van der Waals surface area contributed by atoms with E-state index in [1.54, 1.807) is 26.3 Å². The molecule has 178 valence electrons. The largest absolute Gasteiger partial charge is 0.484 e. The highest BCUT2D eigenvalue weighted by Crippen LogP contribution is 2.23. The fraction of sp³-hybridized carbons (Fsp3) is 0.667. The number of hydrogen-bond acceptors (Lipinski definition) is 4. The Balaban J connectivity index is 0.00000480. The molecule has 6 nitrogen and oxygen atoms in total. The van der Waals surface area contributed by atoms with E-state index in [0.717, 1.165) is 51.2 Å². The van der Waals surface area contributed by atoms with Crippen molar-refractivity contribution in [2.45, 2.75) is 32.5 Å². The van der Waals surface area contributed by atoms with Gasteiger partial charge in [0.2, 0.25) is 0 Å². The summed E-state index contributed by atoms with van der Waals surface area (Å²) in [6, 6.07) is 5.25. The quantitative estimate of drug-likeness (QED) is 0.276. The molecule has 0 radical (unpaired) electrons. The minimum Gasteiger partial charge on any atom is -0.484 e. The normalized spacial score (nSPS) is 16.0. The zero-order valence-electron chi connectivity index (χ0n) is 18.4. The smallest absolute Gasteiger partial charge is 0.422 e. The first-order chi connectivity index (χ1) is 14.3. The zero-order chi connectivity index (χ0) is 22.0. The van der Waals surface area contributed by atoms with Crippen LogP contribution in [0.4, 0.5) is 13.2 Å². The van der Waals surface area contributed by atoms with Crippen LogP contribution in [0.2, 0.25) is 0 Å². The van der Waals surface area contributed by atoms with Crippen molar-refractivity contribution in [1.82, 2.24) is 15.5 Å². The molecule has 0 unspecified atom stereocenters. The Morgan fingerprint density at radius 3 is 2.55 bits per heavy atom. The lowest BCUT2D eigenvalue weighted by molar-refractivity contribution is -0.153. The summed E-state index contributed by atoms with van der Waals surface area (Å²) in [6.07, 6.45) is -2.15. The number of nitrogens with one attached hydrogen (secondary N) is 2. The highest BCUT2D eigenvalue weighted by atomic mass is 127. The van der Waals surface area contributed by atoms with Gasteiger partial charge in [-0.1, -0.05) is 12.1 Å². The van der Waals surface area contributed by atoms with Gasteiger partial charge in [0.25, 0.3) is 0 Å². The maximum atomic E-state index is 12.5. The molecule has 0 bridgehead atoms. The minimum atomic E-state index is -4.37. The Labute approximate surface area is 200 Å². The molecule has 1 aromatic carbocycles. The molecule has 1 heterocycles. The fourth-order valence-electron chi connectivity index (χ4n) is 3.38. The molecule has 10 heteroatoms. The van der Waals surface area contributed by atoms with Crippen molar-refractivity contribution in [3.8, 4) is 5.75 Å². The van der Waals surface area contributed by atoms with Crippen molar-refractivity contribution in [2.75, 3.05) is 53.6 Å². The van der Waals surface area contributed by atoms with E-state index >= 15 is 0 Å². The lowest BCUT2D eigenvalue weighted by Gasteiger charge is -2.32. The number of alkyl halides is 3. The Hall–Kier alpha value is -1.27. The number of aryl methyl sites for hydroxylation is 1. The van der Waals surface area contributed by atoms with Crippen LogP contribution in [0.25, 0.3) is 0 Å². The van der Waals surface area contributed by atoms with Crippen molar-refractivity contribution in [2.24, 2.45) is 10.9 Å². The Bertz CT molecular complexity index is 681. The minimum absolute atomic E-state index is 0. The summed E-state index contributed by atoms with van der Waals surface area (Å²) in [7, 11) is 3.40. The van der Waals surface area contributed by atoms with Crippen LogP contribution in [0.1, 0.15) is 24.0 Å². The number of halogens is 4. The monoisotopic (exact) mass is 558 g/mol. The number of nitrogens with zero attached hydrogens (tertiary/aromatic N) is 2. The fourth-order valence-corrected chi connectivity index (χ4v) is 3.38. The van der Waals surface area contributed by atoms with Crippen LogP contribution in [-0.4, -0.2) is 70.6 Å². The van der Waals surface area contributed by atoms with Gasteiger partial charge in [0, 0.05) is 39.4 Å². The summed E-state index contributed by atoms with van der Waals surface area (Å²) in [5.74, 6) is 1.42. The zero-order valence-corrected chi connectivity index (χ0v) is 20.8. The van der Waals surface area contributed by atoms with E-state index in [-0.39, 0.29) is 29.7 Å². The number of likely N-dealkylation sites (tertiary alicyclic amines) is 1. The van der Waals surface area contributed by atoms with Crippen LogP contribution < -0.4 is 15.4 Å². The molecule has 1 saturated heterocycles. The second-order valence-corrected chi connectivity index (χ2v) is 7.60. The lowest BCUT2D eigenvalue weighted by atomic mass is 9.97. The Morgan fingerprint density at radius 1 is 1.23 bits per heavy atom. The topological polar surface area (TPSA) is 58.1 Å². The number of guanidine groups is 1. The number of aliphatic imine (C=N–C) groups is 1. The highest BCUT2D eigenvalue weighted by Gasteiger charge is 2.28. The van der Waals surface area contributed by atoms with Gasteiger partial charge in [0.15, 0.2) is 12.6 Å². The molecule has 0 saturated carbocycles. The van der Waals surface area contributed by atoms with E-state index in [1.165, 1.54) is 0 Å². The number of rotatable bonds is 9. The van der Waals surface area contributed by atoms with Gasteiger partial charge in [-0.15, -0.1) is 24.0 Å². The maximum absolute atomic E-state index is 12.5. The number of benzene rings is 1. The molecule has 0 spiro atoms. The SMILES string of the molecule is CN=C(NCc1ccc(C)cc1OCC(F)(F)F)NCC1CCN(CCOC)CC1.I. The van der Waals surface area contributed by atoms with Crippen LogP contribution in [-0.2, 0) is 11.3 Å². The second-order valence-electron chi connectivity index (χ2n) is 7.60. The van der Waals surface area contributed by atoms with Gasteiger partial charge in [0.05, 0.1) is 6.61 Å². The molecule has 31 heavy (non-hydrogen) atoms. The first-order valence-electron chi connectivity index (χ1n) is 10.3. The lowest BCUT2D eigenvalue weighted by Crippen LogP contribution is -2.43. The summed E-state index contributed by atoms with van der Waals surface area (Å²) in [5.41, 5.74) is 1.49. The summed E-state index contributed by atoms with van der Waals surface area (Å²) in [5, 5.41) is 6.50. The van der Waals surface area contributed by atoms with Crippen LogP contribution >= 0.6 is 24.0 Å². The molecule has 1 aliphatic heterocycles. The number of piperidine rings is 1. The van der Waals surface area contributed by atoms with Gasteiger partial charge in [-0.2, -0.15) is 13.2 Å². The van der Waals surface area contributed by atoms with E-state index in [0.29, 0.717) is 24.0 Å². The van der Waals surface area contributed by atoms with Gasteiger partial charge >= 0.3 is 6.18 Å². The van der Waals surface area contributed by atoms with Gasteiger partial charge in [0.1, 0.15) is 5.75 Å². The average molecular weight is 558 g/mol. The van der Waals surface area contributed by atoms with Crippen LogP contribution in [0, 0.1) is 12.8 Å². The van der Waals surface area contributed by atoms with E-state index in [9.17, 15) is 13.2 Å². The Morgan fingerprint density at radius 2 is 1.94 bits per heavy atom. The second kappa shape index (κ2) is 14.0. The molecule has 0 atom stereocenters. The summed E-state index contributed by atoms with van der Waals surface area (Å²) >= 11 is 0. The van der Waals surface area contributed by atoms with Gasteiger partial charge < -0.3 is 25.0 Å². The molecular formula is C21H34F3IN4O2. The average Bonchev–Trinajstić information content (AvgIpc) is 2.72. The number of methoxy groups -OCH3 is 1. The van der Waals surface area contributed by atoms with Crippen molar-refractivity contribution in [1.29, 1.82) is 0 Å². The van der Waals surface area contributed by atoms with E-state index in [1.807, 2.05) is 13.0 Å². The predicted octanol–water partition coefficient (Wildman–Crippen LogP) is 3.58. The third kappa shape index (κ3) is 10.7. The third-order valence-electron chi connectivity index (χ3n) is 5.16. The molecule has 2 rings (SSSR count). The molecular weight excluding hydrogens is 524 g/mol. The van der Waals surface area contributed by atoms with E-state index in [2.05, 4.69) is 20.5 Å². The van der Waals surface area contributed by atoms with Gasteiger partial charge in [-0.3, -0.25) is 4.99 Å². The van der Waals surface area contributed by atoms with Crippen molar-refractivity contribution < 1.29 is 22.6 Å². The van der Waals surface area contributed by atoms with Crippen LogP contribution in [0.3, 0.4) is 0 Å². The number of hydrogen-bond donors (Lipinski definition) is 2. The number of ether oxygens (including phenoxy) is 2. The van der Waals surface area contributed by atoms with E-state index in [4.69, 9.17) is 9.47 Å². The van der Waals surface area contributed by atoms with Crippen LogP contribution in [0.5, 0.6) is 5.75 Å². The van der Waals surface area contributed by atoms with Crippen molar-refractivity contribution in [3.05, 3.63) is 29.3 Å².